The third kappa shape index (κ3) is 6.32. The Labute approximate surface area is 239 Å². The number of anilines is 2. The van der Waals surface area contributed by atoms with Crippen LogP contribution in [0.5, 0.6) is 0 Å². The van der Waals surface area contributed by atoms with Crippen molar-refractivity contribution in [2.45, 2.75) is 31.7 Å². The van der Waals surface area contributed by atoms with Crippen molar-refractivity contribution in [2.24, 2.45) is 0 Å². The van der Waals surface area contributed by atoms with Gasteiger partial charge >= 0.3 is 0 Å². The van der Waals surface area contributed by atoms with Crippen LogP contribution < -0.4 is 15.1 Å². The smallest absolute Gasteiger partial charge is 0.277 e. The zero-order chi connectivity index (χ0) is 29.6. The fraction of sp³-hybridized carbons (Fsp3) is 0.233. The van der Waals surface area contributed by atoms with Crippen molar-refractivity contribution in [1.82, 2.24) is 20.3 Å². The molecule has 1 aliphatic heterocycles. The van der Waals surface area contributed by atoms with Crippen molar-refractivity contribution < 1.29 is 27.6 Å². The van der Waals surface area contributed by atoms with Crippen molar-refractivity contribution in [3.8, 4) is 0 Å². The third-order valence-electron chi connectivity index (χ3n) is 6.92. The number of alkyl halides is 2. The molecule has 3 amide bonds. The Balaban J connectivity index is 1.52. The minimum Gasteiger partial charge on any atom is -0.354 e. The van der Waals surface area contributed by atoms with Crippen LogP contribution in [0.4, 0.5) is 24.5 Å². The maximum absolute atomic E-state index is 13.9. The molecule has 0 aliphatic carbocycles. The molecule has 0 saturated heterocycles. The molecule has 5 rings (SSSR count). The number of fused-ring (bicyclic) bond motifs is 1. The van der Waals surface area contributed by atoms with E-state index in [4.69, 9.17) is 0 Å². The summed E-state index contributed by atoms with van der Waals surface area (Å²) in [6, 6.07) is 12.8. The van der Waals surface area contributed by atoms with E-state index in [1.807, 2.05) is 0 Å². The summed E-state index contributed by atoms with van der Waals surface area (Å²) in [6.45, 7) is -0.575. The predicted molar refractivity (Wildman–Crippen MR) is 149 cm³/mol. The molecule has 0 saturated carbocycles. The van der Waals surface area contributed by atoms with Gasteiger partial charge in [0, 0.05) is 42.3 Å². The molecule has 0 bridgehead atoms. The Kier molecular flexibility index (Phi) is 8.60. The molecule has 0 fully saturated rings. The Morgan fingerprint density at radius 1 is 1.05 bits per heavy atom. The summed E-state index contributed by atoms with van der Waals surface area (Å²) < 4.78 is 40.1. The predicted octanol–water partition coefficient (Wildman–Crippen LogP) is 4.24. The van der Waals surface area contributed by atoms with E-state index in [-0.39, 0.29) is 30.9 Å². The van der Waals surface area contributed by atoms with Crippen LogP contribution in [-0.4, -0.2) is 52.2 Å². The highest BCUT2D eigenvalue weighted by atomic mass is 19.3. The first-order chi connectivity index (χ1) is 20.3. The third-order valence-corrected chi connectivity index (χ3v) is 6.92. The lowest BCUT2D eigenvalue weighted by atomic mass is 9.98. The number of pyridine rings is 1. The van der Waals surface area contributed by atoms with Crippen LogP contribution in [-0.2, 0) is 22.4 Å². The number of nitrogens with one attached hydrogen (secondary N) is 2. The molecule has 2 aromatic heterocycles. The molecule has 42 heavy (non-hydrogen) atoms. The highest BCUT2D eigenvalue weighted by Gasteiger charge is 2.35. The van der Waals surface area contributed by atoms with Gasteiger partial charge in [0.2, 0.25) is 11.8 Å². The summed E-state index contributed by atoms with van der Waals surface area (Å²) in [4.78, 5) is 53.4. The molecule has 2 aromatic carbocycles. The summed E-state index contributed by atoms with van der Waals surface area (Å²) >= 11 is 0. The number of carbonyl (C=O) groups is 3. The average molecular weight is 577 g/mol. The van der Waals surface area contributed by atoms with E-state index in [9.17, 15) is 27.6 Å². The van der Waals surface area contributed by atoms with Crippen LogP contribution in [0.1, 0.15) is 39.6 Å². The monoisotopic (exact) mass is 576 g/mol. The molecule has 4 aromatic rings. The summed E-state index contributed by atoms with van der Waals surface area (Å²) in [7, 11) is 0. The number of benzene rings is 2. The summed E-state index contributed by atoms with van der Waals surface area (Å²) in [5.41, 5.74) is 2.46. The van der Waals surface area contributed by atoms with Gasteiger partial charge in [-0.3, -0.25) is 24.3 Å². The van der Waals surface area contributed by atoms with Crippen LogP contribution >= 0.6 is 0 Å². The minimum atomic E-state index is -2.72. The zero-order valence-corrected chi connectivity index (χ0v) is 22.3. The maximum Gasteiger partial charge on any atom is 0.277 e. The lowest BCUT2D eigenvalue weighted by Crippen LogP contribution is -2.45. The fourth-order valence-corrected chi connectivity index (χ4v) is 5.00. The van der Waals surface area contributed by atoms with Crippen LogP contribution in [0.3, 0.4) is 0 Å². The van der Waals surface area contributed by atoms with Gasteiger partial charge in [0.1, 0.15) is 17.6 Å². The van der Waals surface area contributed by atoms with Gasteiger partial charge in [-0.05, 0) is 60.4 Å². The Morgan fingerprint density at radius 3 is 2.62 bits per heavy atom. The minimum absolute atomic E-state index is 0.0320. The van der Waals surface area contributed by atoms with Crippen LogP contribution in [0.25, 0.3) is 0 Å². The normalized spacial score (nSPS) is 13.5. The van der Waals surface area contributed by atoms with E-state index in [1.165, 1.54) is 54.1 Å². The van der Waals surface area contributed by atoms with Gasteiger partial charge in [-0.2, -0.15) is 0 Å². The summed E-state index contributed by atoms with van der Waals surface area (Å²) in [6.07, 6.45) is 3.63. The molecule has 216 valence electrons. The molecule has 3 heterocycles. The van der Waals surface area contributed by atoms with Gasteiger partial charge in [0.25, 0.3) is 12.3 Å². The molecule has 12 heteroatoms. The van der Waals surface area contributed by atoms with Gasteiger partial charge < -0.3 is 15.2 Å². The van der Waals surface area contributed by atoms with E-state index in [0.717, 1.165) is 4.90 Å². The van der Waals surface area contributed by atoms with Gasteiger partial charge in [-0.1, -0.05) is 18.2 Å². The van der Waals surface area contributed by atoms with Crippen molar-refractivity contribution in [1.29, 1.82) is 0 Å². The van der Waals surface area contributed by atoms with Crippen molar-refractivity contribution in [2.75, 3.05) is 22.9 Å². The average Bonchev–Trinajstić information content (AvgIpc) is 3.52. The Bertz CT molecular complexity index is 1570. The first-order valence-corrected chi connectivity index (χ1v) is 13.3. The van der Waals surface area contributed by atoms with Crippen LogP contribution in [0.2, 0.25) is 0 Å². The van der Waals surface area contributed by atoms with Crippen LogP contribution in [0.15, 0.2) is 79.5 Å². The number of hydrogen-bond acceptors (Lipinski definition) is 5. The number of imidazole rings is 1. The largest absolute Gasteiger partial charge is 0.354 e. The number of aromatic nitrogens is 3. The van der Waals surface area contributed by atoms with Crippen molar-refractivity contribution in [3.63, 3.8) is 0 Å². The number of halogens is 3. The highest BCUT2D eigenvalue weighted by Crippen LogP contribution is 2.36. The fourth-order valence-electron chi connectivity index (χ4n) is 5.00. The van der Waals surface area contributed by atoms with Gasteiger partial charge in [-0.15, -0.1) is 0 Å². The quantitative estimate of drug-likeness (QED) is 0.294. The highest BCUT2D eigenvalue weighted by molar-refractivity contribution is 6.09. The van der Waals surface area contributed by atoms with E-state index in [0.29, 0.717) is 34.5 Å². The molecule has 1 unspecified atom stereocenters. The van der Waals surface area contributed by atoms with Crippen molar-refractivity contribution in [3.05, 3.63) is 108 Å². The number of hydrogen-bond donors (Lipinski definition) is 2. The standard InChI is InChI=1S/C30H27F3N6O3/c31-22-5-1-3-19(13-22)10-12-36-29(41)28(21-4-2-11-34-15-21)39(30(42)24-16-35-18-37-24)23-7-8-25-20(14-23)6-9-27(40)38(25)17-26(32)33/h1-5,7-8,11,13-16,18,26,28H,6,9-10,12,17H2,(H,35,37)(H,36,41). The second-order valence-corrected chi connectivity index (χ2v) is 9.71. The number of rotatable bonds is 10. The van der Waals surface area contributed by atoms with E-state index in [1.54, 1.807) is 30.3 Å². The summed E-state index contributed by atoms with van der Waals surface area (Å²) in [5.74, 6) is -1.88. The lowest BCUT2D eigenvalue weighted by Gasteiger charge is -2.33. The second kappa shape index (κ2) is 12.7. The van der Waals surface area contributed by atoms with Gasteiger partial charge in [-0.25, -0.2) is 18.2 Å². The van der Waals surface area contributed by atoms with Gasteiger partial charge in [0.15, 0.2) is 0 Å². The number of aromatic amines is 1. The first-order valence-electron chi connectivity index (χ1n) is 13.3. The van der Waals surface area contributed by atoms with E-state index in [2.05, 4.69) is 20.3 Å². The molecule has 1 atom stereocenters. The lowest BCUT2D eigenvalue weighted by molar-refractivity contribution is -0.122. The number of H-pyrrole nitrogens is 1. The molecule has 0 radical (unpaired) electrons. The SMILES string of the molecule is O=C(NCCc1cccc(F)c1)C(c1cccnc1)N(C(=O)c1cnc[nH]1)c1ccc2c(c1)CCC(=O)N2CC(F)F. The van der Waals surface area contributed by atoms with E-state index >= 15 is 0 Å². The summed E-state index contributed by atoms with van der Waals surface area (Å²) in [5, 5.41) is 2.85. The number of nitrogens with zero attached hydrogens (tertiary/aromatic N) is 4. The molecule has 9 nitrogen and oxygen atoms in total. The number of amides is 3. The number of carbonyl (C=O) groups excluding carboxylic acids is 3. The molecule has 2 N–H and O–H groups in total. The van der Waals surface area contributed by atoms with E-state index < -0.39 is 36.7 Å². The Morgan fingerprint density at radius 2 is 1.90 bits per heavy atom. The van der Waals surface area contributed by atoms with Crippen LogP contribution in [0, 0.1) is 5.82 Å². The number of aryl methyl sites for hydroxylation is 1. The molecular weight excluding hydrogens is 549 g/mol. The second-order valence-electron chi connectivity index (χ2n) is 9.71. The first kappa shape index (κ1) is 28.5. The molecular formula is C30H27F3N6O3. The Hall–Kier alpha value is -5.00. The van der Waals surface area contributed by atoms with Gasteiger partial charge in [0.05, 0.1) is 19.1 Å². The topological polar surface area (TPSA) is 111 Å². The maximum atomic E-state index is 13.9. The molecule has 1 aliphatic rings. The zero-order valence-electron chi connectivity index (χ0n) is 22.3. The van der Waals surface area contributed by atoms with Crippen molar-refractivity contribution >= 4 is 29.1 Å². The molecule has 0 spiro atoms.